The van der Waals surface area contributed by atoms with E-state index in [0.717, 1.165) is 5.82 Å². The summed E-state index contributed by atoms with van der Waals surface area (Å²) in [6.07, 6.45) is 3.94. The lowest BCUT2D eigenvalue weighted by Gasteiger charge is -2.26. The zero-order valence-electron chi connectivity index (χ0n) is 9.52. The van der Waals surface area contributed by atoms with Gasteiger partial charge in [-0.1, -0.05) is 0 Å². The highest BCUT2D eigenvalue weighted by molar-refractivity contribution is 7.87. The maximum Gasteiger partial charge on any atom is 0.279 e. The highest BCUT2D eigenvalue weighted by Gasteiger charge is 2.22. The van der Waals surface area contributed by atoms with Crippen molar-refractivity contribution < 1.29 is 8.42 Å². The van der Waals surface area contributed by atoms with Gasteiger partial charge in [0.15, 0.2) is 0 Å². The van der Waals surface area contributed by atoms with Crippen LogP contribution >= 0.6 is 0 Å². The van der Waals surface area contributed by atoms with Crippen molar-refractivity contribution in [2.75, 3.05) is 32.7 Å². The largest absolute Gasteiger partial charge is 0.349 e. The van der Waals surface area contributed by atoms with Gasteiger partial charge in [0.05, 0.1) is 0 Å². The fourth-order valence-electron chi connectivity index (χ4n) is 1.71. The van der Waals surface area contributed by atoms with Gasteiger partial charge in [-0.15, -0.1) is 0 Å². The average molecular weight is 259 g/mol. The first-order chi connectivity index (χ1) is 8.18. The fraction of sp³-hybridized carbons (Fsp3) is 0.667. The summed E-state index contributed by atoms with van der Waals surface area (Å²) < 4.78 is 27.8. The molecule has 0 aromatic carbocycles. The van der Waals surface area contributed by atoms with Crippen molar-refractivity contribution in [1.82, 2.24) is 24.3 Å². The molecule has 96 valence electrons. The topological polar surface area (TPSA) is 90.1 Å². The second-order valence-corrected chi connectivity index (χ2v) is 5.59. The lowest BCUT2D eigenvalue weighted by molar-refractivity contribution is 0.355. The Morgan fingerprint density at radius 2 is 2.18 bits per heavy atom. The first-order valence-electron chi connectivity index (χ1n) is 5.62. The Bertz CT molecular complexity index is 424. The molecule has 0 spiro atoms. The van der Waals surface area contributed by atoms with Crippen LogP contribution in [0, 0.1) is 0 Å². The number of rotatable bonds is 5. The van der Waals surface area contributed by atoms with Crippen molar-refractivity contribution in [1.29, 1.82) is 0 Å². The number of H-pyrrole nitrogens is 1. The quantitative estimate of drug-likeness (QED) is 0.612. The molecule has 1 aromatic rings. The number of hydrogen-bond acceptors (Lipinski definition) is 4. The van der Waals surface area contributed by atoms with Gasteiger partial charge in [0.25, 0.3) is 10.2 Å². The molecule has 2 heterocycles. The van der Waals surface area contributed by atoms with Crippen LogP contribution in [-0.2, 0) is 16.6 Å². The number of piperazine rings is 1. The van der Waals surface area contributed by atoms with Gasteiger partial charge in [-0.05, 0) is 0 Å². The molecule has 8 heteroatoms. The van der Waals surface area contributed by atoms with Crippen molar-refractivity contribution in [2.45, 2.75) is 6.42 Å². The fourth-order valence-corrected chi connectivity index (χ4v) is 2.91. The minimum atomic E-state index is -3.33. The predicted molar refractivity (Wildman–Crippen MR) is 63.7 cm³/mol. The zero-order chi connectivity index (χ0) is 12.1. The van der Waals surface area contributed by atoms with Crippen molar-refractivity contribution in [3.8, 4) is 0 Å². The molecule has 0 amide bonds. The monoisotopic (exact) mass is 259 g/mol. The Kier molecular flexibility index (Phi) is 4.11. The Balaban J connectivity index is 1.80. The van der Waals surface area contributed by atoms with E-state index in [1.54, 1.807) is 12.4 Å². The third kappa shape index (κ3) is 3.50. The molecule has 0 bridgehead atoms. The summed E-state index contributed by atoms with van der Waals surface area (Å²) in [5.74, 6) is 0.785. The van der Waals surface area contributed by atoms with Crippen LogP contribution in [0.5, 0.6) is 0 Å². The van der Waals surface area contributed by atoms with Crippen LogP contribution < -0.4 is 10.0 Å². The summed E-state index contributed by atoms with van der Waals surface area (Å²) in [5.41, 5.74) is 0. The van der Waals surface area contributed by atoms with Crippen LogP contribution in [0.2, 0.25) is 0 Å². The molecule has 0 radical (unpaired) electrons. The van der Waals surface area contributed by atoms with Crippen molar-refractivity contribution in [2.24, 2.45) is 0 Å². The molecule has 0 unspecified atom stereocenters. The number of nitrogens with zero attached hydrogens (tertiary/aromatic N) is 2. The number of aromatic amines is 1. The SMILES string of the molecule is O=S(=O)(NCCc1ncc[nH]1)N1CCNCC1. The Hall–Kier alpha value is -0.960. The summed E-state index contributed by atoms with van der Waals surface area (Å²) in [5, 5.41) is 3.12. The van der Waals surface area contributed by atoms with E-state index in [1.807, 2.05) is 0 Å². The molecular weight excluding hydrogens is 242 g/mol. The minimum Gasteiger partial charge on any atom is -0.349 e. The molecule has 2 rings (SSSR count). The van der Waals surface area contributed by atoms with E-state index < -0.39 is 10.2 Å². The van der Waals surface area contributed by atoms with E-state index in [-0.39, 0.29) is 0 Å². The standard InChI is InChI=1S/C9H17N5O2S/c15-17(16,14-7-5-10-6-8-14)13-2-1-9-11-3-4-12-9/h3-4,10,13H,1-2,5-8H2,(H,11,12). The van der Waals surface area contributed by atoms with Crippen LogP contribution in [0.25, 0.3) is 0 Å². The molecule has 1 aromatic heterocycles. The maximum atomic E-state index is 11.9. The Morgan fingerprint density at radius 3 is 2.82 bits per heavy atom. The van der Waals surface area contributed by atoms with Gasteiger partial charge < -0.3 is 10.3 Å². The number of nitrogens with one attached hydrogen (secondary N) is 3. The van der Waals surface area contributed by atoms with Crippen LogP contribution in [-0.4, -0.2) is 55.4 Å². The second kappa shape index (κ2) is 5.58. The van der Waals surface area contributed by atoms with E-state index >= 15 is 0 Å². The first-order valence-corrected chi connectivity index (χ1v) is 7.06. The summed E-state index contributed by atoms with van der Waals surface area (Å²) in [6, 6.07) is 0. The highest BCUT2D eigenvalue weighted by atomic mass is 32.2. The zero-order valence-corrected chi connectivity index (χ0v) is 10.3. The van der Waals surface area contributed by atoms with Gasteiger partial charge in [-0.2, -0.15) is 12.7 Å². The van der Waals surface area contributed by atoms with E-state index in [0.29, 0.717) is 39.1 Å². The summed E-state index contributed by atoms with van der Waals surface area (Å²) in [6.45, 7) is 2.82. The summed E-state index contributed by atoms with van der Waals surface area (Å²) >= 11 is 0. The average Bonchev–Trinajstić information content (AvgIpc) is 2.83. The summed E-state index contributed by atoms with van der Waals surface area (Å²) in [7, 11) is -3.33. The van der Waals surface area contributed by atoms with Crippen molar-refractivity contribution >= 4 is 10.2 Å². The molecule has 1 aliphatic heterocycles. The lowest BCUT2D eigenvalue weighted by Crippen LogP contribution is -2.50. The smallest absolute Gasteiger partial charge is 0.279 e. The van der Waals surface area contributed by atoms with E-state index in [9.17, 15) is 8.42 Å². The van der Waals surface area contributed by atoms with E-state index in [4.69, 9.17) is 0 Å². The third-order valence-electron chi connectivity index (χ3n) is 2.62. The minimum absolute atomic E-state index is 0.361. The molecule has 7 nitrogen and oxygen atoms in total. The van der Waals surface area contributed by atoms with Crippen LogP contribution in [0.15, 0.2) is 12.4 Å². The van der Waals surface area contributed by atoms with E-state index in [2.05, 4.69) is 20.0 Å². The molecular formula is C9H17N5O2S. The van der Waals surface area contributed by atoms with Gasteiger partial charge in [0.1, 0.15) is 5.82 Å². The van der Waals surface area contributed by atoms with Gasteiger partial charge in [-0.25, -0.2) is 9.71 Å². The van der Waals surface area contributed by atoms with Gasteiger partial charge in [-0.3, -0.25) is 0 Å². The molecule has 0 aliphatic carbocycles. The van der Waals surface area contributed by atoms with Gasteiger partial charge in [0, 0.05) is 51.5 Å². The predicted octanol–water partition coefficient (Wildman–Crippen LogP) is -1.31. The first kappa shape index (κ1) is 12.5. The molecule has 1 aliphatic rings. The third-order valence-corrected chi connectivity index (χ3v) is 4.23. The number of hydrogen-bond donors (Lipinski definition) is 3. The van der Waals surface area contributed by atoms with Crippen molar-refractivity contribution in [3.05, 3.63) is 18.2 Å². The number of imidazole rings is 1. The van der Waals surface area contributed by atoms with E-state index in [1.165, 1.54) is 4.31 Å². The summed E-state index contributed by atoms with van der Waals surface area (Å²) in [4.78, 5) is 6.97. The maximum absolute atomic E-state index is 11.9. The normalized spacial score (nSPS) is 18.4. The molecule has 0 saturated carbocycles. The van der Waals surface area contributed by atoms with Gasteiger partial charge in [0.2, 0.25) is 0 Å². The second-order valence-electron chi connectivity index (χ2n) is 3.83. The Labute approximate surface area is 101 Å². The molecule has 17 heavy (non-hydrogen) atoms. The van der Waals surface area contributed by atoms with Crippen LogP contribution in [0.1, 0.15) is 5.82 Å². The van der Waals surface area contributed by atoms with Crippen LogP contribution in [0.4, 0.5) is 0 Å². The number of aromatic nitrogens is 2. The Morgan fingerprint density at radius 1 is 1.41 bits per heavy atom. The molecule has 3 N–H and O–H groups in total. The van der Waals surface area contributed by atoms with Crippen molar-refractivity contribution in [3.63, 3.8) is 0 Å². The molecule has 1 saturated heterocycles. The molecule has 1 fully saturated rings. The lowest BCUT2D eigenvalue weighted by atomic mass is 10.4. The molecule has 0 atom stereocenters. The van der Waals surface area contributed by atoms with Gasteiger partial charge >= 0.3 is 0 Å². The van der Waals surface area contributed by atoms with Crippen LogP contribution in [0.3, 0.4) is 0 Å². The highest BCUT2D eigenvalue weighted by Crippen LogP contribution is 2.00.